The average Bonchev–Trinajstić information content (AvgIpc) is 3.72. The molecule has 0 spiro atoms. The Hall–Kier alpha value is -3.67. The summed E-state index contributed by atoms with van der Waals surface area (Å²) in [6, 6.07) is 5.51. The largest absolute Gasteiger partial charge is 0.489 e. The van der Waals surface area contributed by atoms with E-state index in [1.165, 1.54) is 21.9 Å². The van der Waals surface area contributed by atoms with Crippen LogP contribution in [-0.2, 0) is 19.1 Å². The van der Waals surface area contributed by atoms with Crippen molar-refractivity contribution < 1.29 is 46.9 Å². The van der Waals surface area contributed by atoms with Crippen molar-refractivity contribution in [3.8, 4) is 11.5 Å². The molecule has 0 radical (unpaired) electrons. The third kappa shape index (κ3) is 9.63. The molecule has 2 amide bonds. The van der Waals surface area contributed by atoms with E-state index in [0.29, 0.717) is 53.7 Å². The van der Waals surface area contributed by atoms with E-state index < -0.39 is 24.4 Å². The Labute approximate surface area is 345 Å². The molecule has 57 heavy (non-hydrogen) atoms. The predicted octanol–water partition coefficient (Wildman–Crippen LogP) is 6.30. The number of hydrogen-bond donors (Lipinski definition) is 1. The number of ether oxygens (including phenoxy) is 4. The molecule has 2 aromatic carbocycles. The number of hydrogen-bond acceptors (Lipinski definition) is 13. The topological polar surface area (TPSA) is 144 Å². The molecule has 4 fully saturated rings. The molecule has 0 saturated carbocycles. The number of fused-ring (bicyclic) bond motifs is 6. The molecule has 0 aliphatic carbocycles. The van der Waals surface area contributed by atoms with Crippen LogP contribution in [0.2, 0.25) is 0 Å². The number of nitrogens with zero attached hydrogens (tertiary/aromatic N) is 4. The lowest BCUT2D eigenvalue weighted by molar-refractivity contribution is -0.122. The number of ketones is 1. The molecule has 4 atom stereocenters. The Bertz CT molecular complexity index is 1820. The van der Waals surface area contributed by atoms with Crippen molar-refractivity contribution in [3.63, 3.8) is 0 Å². The maximum Gasteiger partial charge on any atom is 0.415 e. The van der Waals surface area contributed by atoms with Gasteiger partial charge in [-0.15, -0.1) is 0 Å². The van der Waals surface area contributed by atoms with Gasteiger partial charge in [-0.2, -0.15) is 23.5 Å². The average molecular weight is 854 g/mol. The van der Waals surface area contributed by atoms with Gasteiger partial charge in [0.25, 0.3) is 0 Å². The van der Waals surface area contributed by atoms with E-state index in [1.54, 1.807) is 26.0 Å². The van der Waals surface area contributed by atoms with Crippen molar-refractivity contribution in [1.82, 2.24) is 0 Å². The van der Waals surface area contributed by atoms with E-state index in [1.807, 2.05) is 47.2 Å². The van der Waals surface area contributed by atoms with Crippen LogP contribution in [0.3, 0.4) is 0 Å². The number of amides is 2. The third-order valence-electron chi connectivity index (χ3n) is 10.5. The van der Waals surface area contributed by atoms with Crippen LogP contribution >= 0.6 is 35.1 Å². The molecular weight excluding hydrogens is 804 g/mol. The molecule has 312 valence electrons. The van der Waals surface area contributed by atoms with E-state index in [-0.39, 0.29) is 59.7 Å². The quantitative estimate of drug-likeness (QED) is 0.297. The highest BCUT2D eigenvalue weighted by molar-refractivity contribution is 7.99. The van der Waals surface area contributed by atoms with Crippen LogP contribution in [0.1, 0.15) is 40.5 Å². The fraction of sp³-hybridized carbons (Fsp3) is 0.590. The van der Waals surface area contributed by atoms with Gasteiger partial charge < -0.3 is 34.5 Å². The number of thioether (sulfide) groups is 2. The number of carbonyl (C=O) groups is 4. The molecule has 8 rings (SSSR count). The first-order valence-corrected chi connectivity index (χ1v) is 22.0. The predicted molar refractivity (Wildman–Crippen MR) is 220 cm³/mol. The first-order valence-electron chi connectivity index (χ1n) is 19.3. The molecular formula is C39H50ClF2N5O8S2. The first-order chi connectivity index (χ1) is 27.3. The lowest BCUT2D eigenvalue weighted by atomic mass is 9.98. The van der Waals surface area contributed by atoms with E-state index in [0.717, 1.165) is 49.2 Å². The van der Waals surface area contributed by atoms with Crippen molar-refractivity contribution in [2.75, 3.05) is 88.5 Å². The number of Topliss-reactive ketones (excluding diaryl/α,β-unsaturated/α-hetero) is 1. The van der Waals surface area contributed by atoms with Gasteiger partial charge in [-0.25, -0.2) is 18.4 Å². The molecule has 18 heteroatoms. The van der Waals surface area contributed by atoms with E-state index in [9.17, 15) is 28.0 Å². The fourth-order valence-corrected chi connectivity index (χ4v) is 9.00. The normalized spacial score (nSPS) is 23.4. The smallest absolute Gasteiger partial charge is 0.415 e. The summed E-state index contributed by atoms with van der Waals surface area (Å²) >= 11 is 8.70. The first kappa shape index (κ1) is 42.9. The van der Waals surface area contributed by atoms with Crippen molar-refractivity contribution >= 4 is 81.1 Å². The van der Waals surface area contributed by atoms with Crippen LogP contribution in [0.25, 0.3) is 0 Å². The molecule has 0 unspecified atom stereocenters. The van der Waals surface area contributed by atoms with Gasteiger partial charge in [-0.1, -0.05) is 27.7 Å². The maximum absolute atomic E-state index is 14.9. The van der Waals surface area contributed by atoms with Crippen LogP contribution in [0.15, 0.2) is 24.3 Å². The zero-order chi connectivity index (χ0) is 41.0. The summed E-state index contributed by atoms with van der Waals surface area (Å²) in [4.78, 5) is 53.4. The minimum absolute atomic E-state index is 0.0216. The standard InChI is InChI=1S/C20H25FN2O4S.C15H18FN3O3S.C4H7ClO/c1-12(2)17(24)3-4-18-16-11-26-19-10-14(22-5-7-28-8-6-22)13(21)9-15(19)23(16)20(25)27-18;16-9-5-11-13(6-10(9)18-1-3-23-4-2-18)21-8-12-14(7-17)22-15(20)19(11)12;1-3(2)4(5)6/h9-10,12,16,18H,3-8,11H2,1-2H3;5-6,12,14H,1-4,7-8,17H2;3H,1-2H3/t16-,18-;12-,14-;/m00./s1. The van der Waals surface area contributed by atoms with E-state index >= 15 is 0 Å². The van der Waals surface area contributed by atoms with Crippen LogP contribution < -0.4 is 34.8 Å². The fourth-order valence-electron chi connectivity index (χ4n) is 7.20. The summed E-state index contributed by atoms with van der Waals surface area (Å²) in [5, 5.41) is -0.269. The number of anilines is 4. The summed E-state index contributed by atoms with van der Waals surface area (Å²) in [5.74, 6) is 4.29. The molecule has 4 saturated heterocycles. The highest BCUT2D eigenvalue weighted by Gasteiger charge is 2.48. The Kier molecular flexibility index (Phi) is 14.3. The van der Waals surface area contributed by atoms with Gasteiger partial charge in [0.1, 0.15) is 66.4 Å². The van der Waals surface area contributed by atoms with Gasteiger partial charge in [0, 0.05) is 98.3 Å². The number of cyclic esters (lactones) is 2. The van der Waals surface area contributed by atoms with Crippen molar-refractivity contribution in [2.45, 2.75) is 64.8 Å². The van der Waals surface area contributed by atoms with Crippen LogP contribution in [0.4, 0.5) is 41.1 Å². The zero-order valence-electron chi connectivity index (χ0n) is 32.5. The van der Waals surface area contributed by atoms with Gasteiger partial charge in [-0.3, -0.25) is 19.4 Å². The number of nitrogens with two attached hydrogens (primary N) is 1. The number of benzene rings is 2. The van der Waals surface area contributed by atoms with E-state index in [2.05, 4.69) is 0 Å². The summed E-state index contributed by atoms with van der Waals surface area (Å²) in [6.45, 7) is 11.2. The number of carbonyl (C=O) groups excluding carboxylic acids is 4. The second kappa shape index (κ2) is 18.9. The summed E-state index contributed by atoms with van der Waals surface area (Å²) in [6.07, 6.45) is -1.03. The monoisotopic (exact) mass is 853 g/mol. The Morgan fingerprint density at radius 1 is 0.737 bits per heavy atom. The third-order valence-corrected chi connectivity index (χ3v) is 12.8. The molecule has 0 bridgehead atoms. The Morgan fingerprint density at radius 3 is 1.56 bits per heavy atom. The van der Waals surface area contributed by atoms with Crippen LogP contribution in [0.5, 0.6) is 11.5 Å². The molecule has 13 nitrogen and oxygen atoms in total. The molecule has 2 N–H and O–H groups in total. The number of halogens is 3. The summed E-state index contributed by atoms with van der Waals surface area (Å²) in [5.41, 5.74) is 7.52. The van der Waals surface area contributed by atoms with Crippen LogP contribution in [0, 0.1) is 23.5 Å². The van der Waals surface area contributed by atoms with Gasteiger partial charge in [0.2, 0.25) is 5.24 Å². The molecule has 2 aromatic rings. The SMILES string of the molecule is CC(C)C(=O)CC[C@@H]1OC(=O)N2c3cc(F)c(N4CCSCC4)cc3OC[C@@H]12.CC(C)C(=O)Cl.NC[C@@H]1OC(=O)N2c3cc(F)c(N4CCSCC4)cc3OC[C@@H]12. The highest BCUT2D eigenvalue weighted by atomic mass is 35.5. The van der Waals surface area contributed by atoms with Crippen molar-refractivity contribution in [2.24, 2.45) is 17.6 Å². The van der Waals surface area contributed by atoms with Gasteiger partial charge >= 0.3 is 12.2 Å². The summed E-state index contributed by atoms with van der Waals surface area (Å²) in [7, 11) is 0. The molecule has 6 heterocycles. The van der Waals surface area contributed by atoms with Crippen molar-refractivity contribution in [3.05, 3.63) is 35.9 Å². The minimum Gasteiger partial charge on any atom is -0.489 e. The second-order valence-corrected chi connectivity index (χ2v) is 17.8. The zero-order valence-corrected chi connectivity index (χ0v) is 34.9. The van der Waals surface area contributed by atoms with Gasteiger partial charge in [0.15, 0.2) is 0 Å². The lowest BCUT2D eigenvalue weighted by Gasteiger charge is -2.34. The molecule has 0 aromatic heterocycles. The minimum atomic E-state index is -0.502. The Balaban J connectivity index is 0.000000171. The molecule has 6 aliphatic rings. The highest BCUT2D eigenvalue weighted by Crippen LogP contribution is 2.44. The number of rotatable bonds is 8. The lowest BCUT2D eigenvalue weighted by Crippen LogP contribution is -2.46. The van der Waals surface area contributed by atoms with Gasteiger partial charge in [-0.05, 0) is 18.0 Å². The molecule has 6 aliphatic heterocycles. The Morgan fingerprint density at radius 2 is 1.16 bits per heavy atom. The second-order valence-electron chi connectivity index (χ2n) is 14.9. The van der Waals surface area contributed by atoms with Crippen LogP contribution in [-0.4, -0.2) is 116 Å². The van der Waals surface area contributed by atoms with E-state index in [4.69, 9.17) is 36.3 Å². The van der Waals surface area contributed by atoms with Crippen molar-refractivity contribution in [1.29, 1.82) is 0 Å². The summed E-state index contributed by atoms with van der Waals surface area (Å²) < 4.78 is 51.9. The van der Waals surface area contributed by atoms with Gasteiger partial charge in [0.05, 0.1) is 22.7 Å². The maximum atomic E-state index is 14.9.